The Kier molecular flexibility index (Phi) is 2.89. The van der Waals surface area contributed by atoms with Crippen LogP contribution in [0.5, 0.6) is 0 Å². The molecule has 0 amide bonds. The molecule has 1 nitrogen and oxygen atoms in total. The molecule has 0 aliphatic heterocycles. The van der Waals surface area contributed by atoms with Crippen molar-refractivity contribution < 1.29 is 0 Å². The van der Waals surface area contributed by atoms with Gasteiger partial charge in [-0.25, -0.2) is 0 Å². The highest BCUT2D eigenvalue weighted by molar-refractivity contribution is 5.28. The smallest absolute Gasteiger partial charge is 0.0415 e. The highest BCUT2D eigenvalue weighted by atomic mass is 14.7. The number of nitrogens with two attached hydrogens (primary N) is 1. The second-order valence-electron chi connectivity index (χ2n) is 3.78. The first-order valence-corrected chi connectivity index (χ1v) is 4.53. The molecule has 0 radical (unpaired) electrons. The van der Waals surface area contributed by atoms with Crippen molar-refractivity contribution in [3.05, 3.63) is 48.0 Å². The van der Waals surface area contributed by atoms with Crippen molar-refractivity contribution >= 4 is 0 Å². The third kappa shape index (κ3) is 2.43. The summed E-state index contributed by atoms with van der Waals surface area (Å²) in [4.78, 5) is 0. The summed E-state index contributed by atoms with van der Waals surface area (Å²) in [5, 5.41) is 0. The van der Waals surface area contributed by atoms with Gasteiger partial charge in [-0.15, -0.1) is 6.58 Å². The normalized spacial score (nSPS) is 15.0. The molecule has 1 atom stereocenters. The minimum Gasteiger partial charge on any atom is -0.321 e. The van der Waals surface area contributed by atoms with E-state index in [1.165, 1.54) is 11.1 Å². The quantitative estimate of drug-likeness (QED) is 0.702. The minimum absolute atomic E-state index is 0.284. The van der Waals surface area contributed by atoms with Crippen LogP contribution in [-0.2, 0) is 5.54 Å². The maximum Gasteiger partial charge on any atom is 0.0415 e. The summed E-state index contributed by atoms with van der Waals surface area (Å²) in [5.41, 5.74) is 8.28. The van der Waals surface area contributed by atoms with Crippen LogP contribution in [0.15, 0.2) is 36.9 Å². The monoisotopic (exact) mass is 175 g/mol. The van der Waals surface area contributed by atoms with E-state index in [1.807, 2.05) is 19.1 Å². The fourth-order valence-electron chi connectivity index (χ4n) is 1.42. The molecule has 0 aliphatic carbocycles. The van der Waals surface area contributed by atoms with Crippen molar-refractivity contribution in [1.82, 2.24) is 0 Å². The third-order valence-corrected chi connectivity index (χ3v) is 2.25. The molecule has 2 N–H and O–H groups in total. The van der Waals surface area contributed by atoms with Gasteiger partial charge in [0, 0.05) is 5.54 Å². The number of aryl methyl sites for hydroxylation is 1. The van der Waals surface area contributed by atoms with Crippen molar-refractivity contribution in [2.24, 2.45) is 5.73 Å². The maximum absolute atomic E-state index is 6.15. The van der Waals surface area contributed by atoms with Crippen LogP contribution in [0.4, 0.5) is 0 Å². The molecule has 0 aliphatic rings. The van der Waals surface area contributed by atoms with Gasteiger partial charge >= 0.3 is 0 Å². The first-order valence-electron chi connectivity index (χ1n) is 4.53. The van der Waals surface area contributed by atoms with Crippen molar-refractivity contribution in [3.8, 4) is 0 Å². The van der Waals surface area contributed by atoms with Crippen LogP contribution in [0.3, 0.4) is 0 Å². The maximum atomic E-state index is 6.15. The van der Waals surface area contributed by atoms with Crippen molar-refractivity contribution in [2.45, 2.75) is 25.8 Å². The molecule has 1 rings (SSSR count). The zero-order valence-electron chi connectivity index (χ0n) is 8.38. The van der Waals surface area contributed by atoms with Crippen LogP contribution >= 0.6 is 0 Å². The van der Waals surface area contributed by atoms with E-state index >= 15 is 0 Å². The van der Waals surface area contributed by atoms with Gasteiger partial charge in [-0.2, -0.15) is 0 Å². The zero-order chi connectivity index (χ0) is 9.90. The summed E-state index contributed by atoms with van der Waals surface area (Å²) < 4.78 is 0. The van der Waals surface area contributed by atoms with Crippen molar-refractivity contribution in [3.63, 3.8) is 0 Å². The second-order valence-corrected chi connectivity index (χ2v) is 3.78. The summed E-state index contributed by atoms with van der Waals surface area (Å²) in [7, 11) is 0. The Hall–Kier alpha value is -1.08. The molecular formula is C12H17N. The number of benzene rings is 1. The van der Waals surface area contributed by atoms with Crippen LogP contribution in [0, 0.1) is 6.92 Å². The molecule has 0 unspecified atom stereocenters. The average Bonchev–Trinajstić information content (AvgIpc) is 2.04. The Balaban J connectivity index is 2.99. The minimum atomic E-state index is -0.284. The number of rotatable bonds is 3. The van der Waals surface area contributed by atoms with Gasteiger partial charge in [-0.05, 0) is 25.8 Å². The molecule has 0 saturated carbocycles. The molecular weight excluding hydrogens is 158 g/mol. The predicted molar refractivity (Wildman–Crippen MR) is 57.5 cm³/mol. The molecule has 0 heterocycles. The molecule has 0 aromatic heterocycles. The van der Waals surface area contributed by atoms with E-state index in [9.17, 15) is 0 Å². The largest absolute Gasteiger partial charge is 0.321 e. The first kappa shape index (κ1) is 10.0. The summed E-state index contributed by atoms with van der Waals surface area (Å²) in [6.07, 6.45) is 2.67. The predicted octanol–water partition coefficient (Wildman–Crippen LogP) is 2.75. The lowest BCUT2D eigenvalue weighted by Crippen LogP contribution is -2.32. The summed E-state index contributed by atoms with van der Waals surface area (Å²) in [6.45, 7) is 7.82. The van der Waals surface area contributed by atoms with Gasteiger partial charge < -0.3 is 5.73 Å². The van der Waals surface area contributed by atoms with Crippen molar-refractivity contribution in [1.29, 1.82) is 0 Å². The van der Waals surface area contributed by atoms with Crippen LogP contribution in [-0.4, -0.2) is 0 Å². The van der Waals surface area contributed by atoms with Gasteiger partial charge in [0.05, 0.1) is 0 Å². The Labute approximate surface area is 80.3 Å². The van der Waals surface area contributed by atoms with E-state index in [0.717, 1.165) is 6.42 Å². The lowest BCUT2D eigenvalue weighted by molar-refractivity contribution is 0.502. The van der Waals surface area contributed by atoms with E-state index in [1.54, 1.807) is 0 Å². The topological polar surface area (TPSA) is 26.0 Å². The lowest BCUT2D eigenvalue weighted by Gasteiger charge is -2.23. The summed E-state index contributed by atoms with van der Waals surface area (Å²) >= 11 is 0. The molecule has 1 heteroatoms. The SMILES string of the molecule is C=CC[C@](C)(N)c1cccc(C)c1. The molecule has 0 spiro atoms. The van der Waals surface area contributed by atoms with Gasteiger partial charge in [0.2, 0.25) is 0 Å². The Morgan fingerprint density at radius 1 is 1.54 bits per heavy atom. The fourth-order valence-corrected chi connectivity index (χ4v) is 1.42. The lowest BCUT2D eigenvalue weighted by atomic mass is 9.89. The average molecular weight is 175 g/mol. The highest BCUT2D eigenvalue weighted by Crippen LogP contribution is 2.22. The van der Waals surface area contributed by atoms with Crippen LogP contribution in [0.25, 0.3) is 0 Å². The third-order valence-electron chi connectivity index (χ3n) is 2.25. The second kappa shape index (κ2) is 3.75. The molecule has 0 saturated heterocycles. The summed E-state index contributed by atoms with van der Waals surface area (Å²) in [5.74, 6) is 0. The molecule has 1 aromatic carbocycles. The first-order chi connectivity index (χ1) is 6.06. The Bertz CT molecular complexity index is 300. The molecule has 70 valence electrons. The van der Waals surface area contributed by atoms with Crippen LogP contribution in [0.2, 0.25) is 0 Å². The Morgan fingerprint density at radius 2 is 2.23 bits per heavy atom. The van der Waals surface area contributed by atoms with Crippen molar-refractivity contribution in [2.75, 3.05) is 0 Å². The van der Waals surface area contributed by atoms with Gasteiger partial charge in [0.1, 0.15) is 0 Å². The number of hydrogen-bond acceptors (Lipinski definition) is 1. The van der Waals surface area contributed by atoms with E-state index in [0.29, 0.717) is 0 Å². The van der Waals surface area contributed by atoms with Gasteiger partial charge in [0.15, 0.2) is 0 Å². The zero-order valence-corrected chi connectivity index (χ0v) is 8.38. The fraction of sp³-hybridized carbons (Fsp3) is 0.333. The molecule has 0 fully saturated rings. The Morgan fingerprint density at radius 3 is 2.77 bits per heavy atom. The van der Waals surface area contributed by atoms with Gasteiger partial charge in [0.25, 0.3) is 0 Å². The van der Waals surface area contributed by atoms with E-state index < -0.39 is 0 Å². The number of hydrogen-bond donors (Lipinski definition) is 1. The van der Waals surface area contributed by atoms with Crippen LogP contribution in [0.1, 0.15) is 24.5 Å². The van der Waals surface area contributed by atoms with E-state index in [2.05, 4.69) is 31.7 Å². The van der Waals surface area contributed by atoms with E-state index in [-0.39, 0.29) is 5.54 Å². The molecule has 13 heavy (non-hydrogen) atoms. The van der Waals surface area contributed by atoms with Gasteiger partial charge in [-0.3, -0.25) is 0 Å². The van der Waals surface area contributed by atoms with Gasteiger partial charge in [-0.1, -0.05) is 35.9 Å². The summed E-state index contributed by atoms with van der Waals surface area (Å²) in [6, 6.07) is 8.31. The molecule has 0 bridgehead atoms. The van der Waals surface area contributed by atoms with E-state index in [4.69, 9.17) is 5.73 Å². The standard InChI is InChI=1S/C12H17N/c1-4-8-12(3,13)11-7-5-6-10(2)9-11/h4-7,9H,1,8,13H2,2-3H3/t12-/m0/s1. The highest BCUT2D eigenvalue weighted by Gasteiger charge is 2.18. The van der Waals surface area contributed by atoms with Crippen LogP contribution < -0.4 is 5.73 Å². The molecule has 1 aromatic rings.